The van der Waals surface area contributed by atoms with Crippen LogP contribution in [-0.2, 0) is 6.61 Å². The first kappa shape index (κ1) is 16.7. The molecule has 0 aliphatic heterocycles. The number of anilines is 1. The molecule has 0 saturated heterocycles. The van der Waals surface area contributed by atoms with Crippen LogP contribution in [0, 0.1) is 0 Å². The fourth-order valence-electron chi connectivity index (χ4n) is 1.76. The third-order valence-electron chi connectivity index (χ3n) is 2.73. The van der Waals surface area contributed by atoms with Crippen molar-refractivity contribution in [2.75, 3.05) is 24.6 Å². The van der Waals surface area contributed by atoms with Crippen LogP contribution in [0.2, 0.25) is 0 Å². The SMILES string of the molecule is CC(C)c1cc(CO)cc(N(CCO)CC(F)(F)F)n1. The van der Waals surface area contributed by atoms with E-state index in [1.165, 1.54) is 6.07 Å². The van der Waals surface area contributed by atoms with Gasteiger partial charge < -0.3 is 15.1 Å². The summed E-state index contributed by atoms with van der Waals surface area (Å²) < 4.78 is 37.7. The molecule has 114 valence electrons. The zero-order valence-corrected chi connectivity index (χ0v) is 11.5. The van der Waals surface area contributed by atoms with Gasteiger partial charge in [-0.1, -0.05) is 13.8 Å². The topological polar surface area (TPSA) is 56.6 Å². The van der Waals surface area contributed by atoms with Gasteiger partial charge in [0.25, 0.3) is 0 Å². The molecule has 1 rings (SSSR count). The van der Waals surface area contributed by atoms with Crippen molar-refractivity contribution in [3.05, 3.63) is 23.4 Å². The first-order chi connectivity index (χ1) is 9.26. The highest BCUT2D eigenvalue weighted by Crippen LogP contribution is 2.24. The molecule has 0 radical (unpaired) electrons. The monoisotopic (exact) mass is 292 g/mol. The summed E-state index contributed by atoms with van der Waals surface area (Å²) in [5.41, 5.74) is 1.11. The second-order valence-corrected chi connectivity index (χ2v) is 4.83. The van der Waals surface area contributed by atoms with E-state index in [-0.39, 0.29) is 24.9 Å². The smallest absolute Gasteiger partial charge is 0.395 e. The number of pyridine rings is 1. The Morgan fingerprint density at radius 2 is 1.90 bits per heavy atom. The van der Waals surface area contributed by atoms with Crippen molar-refractivity contribution in [3.8, 4) is 0 Å². The van der Waals surface area contributed by atoms with Crippen LogP contribution in [0.15, 0.2) is 12.1 Å². The lowest BCUT2D eigenvalue weighted by Gasteiger charge is -2.25. The van der Waals surface area contributed by atoms with E-state index in [9.17, 15) is 18.3 Å². The molecule has 0 fully saturated rings. The number of nitrogens with zero attached hydrogens (tertiary/aromatic N) is 2. The number of halogens is 3. The van der Waals surface area contributed by atoms with E-state index in [0.717, 1.165) is 4.90 Å². The van der Waals surface area contributed by atoms with E-state index in [0.29, 0.717) is 11.3 Å². The molecule has 0 unspecified atom stereocenters. The van der Waals surface area contributed by atoms with Gasteiger partial charge >= 0.3 is 6.18 Å². The minimum absolute atomic E-state index is 0.0297. The molecule has 0 aliphatic carbocycles. The Labute approximate surface area is 115 Å². The number of alkyl halides is 3. The molecule has 0 amide bonds. The molecule has 4 nitrogen and oxygen atoms in total. The number of aromatic nitrogens is 1. The summed E-state index contributed by atoms with van der Waals surface area (Å²) in [5, 5.41) is 18.1. The molecular formula is C13H19F3N2O2. The van der Waals surface area contributed by atoms with Crippen LogP contribution >= 0.6 is 0 Å². The fraction of sp³-hybridized carbons (Fsp3) is 0.615. The largest absolute Gasteiger partial charge is 0.405 e. The van der Waals surface area contributed by atoms with E-state index in [4.69, 9.17) is 5.11 Å². The Morgan fingerprint density at radius 1 is 1.25 bits per heavy atom. The van der Waals surface area contributed by atoms with Gasteiger partial charge in [-0.2, -0.15) is 13.2 Å². The van der Waals surface area contributed by atoms with Gasteiger partial charge in [-0.25, -0.2) is 4.98 Å². The van der Waals surface area contributed by atoms with E-state index in [1.807, 2.05) is 13.8 Å². The number of hydrogen-bond acceptors (Lipinski definition) is 4. The molecule has 2 N–H and O–H groups in total. The summed E-state index contributed by atoms with van der Waals surface area (Å²) in [5.74, 6) is 0.147. The van der Waals surface area contributed by atoms with Crippen molar-refractivity contribution in [3.63, 3.8) is 0 Å². The van der Waals surface area contributed by atoms with Crippen LogP contribution in [0.25, 0.3) is 0 Å². The maximum atomic E-state index is 12.6. The molecule has 7 heteroatoms. The predicted molar refractivity (Wildman–Crippen MR) is 69.6 cm³/mol. The summed E-state index contributed by atoms with van der Waals surface area (Å²) in [6.07, 6.45) is -4.38. The molecule has 0 saturated carbocycles. The number of aliphatic hydroxyl groups is 2. The van der Waals surface area contributed by atoms with Gasteiger partial charge in [0.15, 0.2) is 0 Å². The second kappa shape index (κ2) is 6.90. The van der Waals surface area contributed by atoms with Crippen LogP contribution in [0.4, 0.5) is 19.0 Å². The van der Waals surface area contributed by atoms with Crippen molar-refractivity contribution >= 4 is 5.82 Å². The highest BCUT2D eigenvalue weighted by Gasteiger charge is 2.31. The number of hydrogen-bond donors (Lipinski definition) is 2. The lowest BCUT2D eigenvalue weighted by Crippen LogP contribution is -2.37. The van der Waals surface area contributed by atoms with Gasteiger partial charge in [0.1, 0.15) is 12.4 Å². The summed E-state index contributed by atoms with van der Waals surface area (Å²) in [6.45, 7) is 1.71. The summed E-state index contributed by atoms with van der Waals surface area (Å²) in [4.78, 5) is 5.15. The average molecular weight is 292 g/mol. The van der Waals surface area contributed by atoms with Crippen LogP contribution in [0.1, 0.15) is 31.0 Å². The minimum atomic E-state index is -4.38. The lowest BCUT2D eigenvalue weighted by atomic mass is 10.1. The fourth-order valence-corrected chi connectivity index (χ4v) is 1.76. The van der Waals surface area contributed by atoms with Gasteiger partial charge in [-0.15, -0.1) is 0 Å². The van der Waals surface area contributed by atoms with Crippen LogP contribution in [-0.4, -0.2) is 41.1 Å². The van der Waals surface area contributed by atoms with E-state index < -0.39 is 19.3 Å². The molecule has 0 bridgehead atoms. The lowest BCUT2D eigenvalue weighted by molar-refractivity contribution is -0.120. The Hall–Kier alpha value is -1.34. The summed E-state index contributed by atoms with van der Waals surface area (Å²) in [6, 6.07) is 3.08. The van der Waals surface area contributed by atoms with Crippen molar-refractivity contribution in [2.24, 2.45) is 0 Å². The zero-order valence-electron chi connectivity index (χ0n) is 11.5. The van der Waals surface area contributed by atoms with Gasteiger partial charge in [0, 0.05) is 12.2 Å². The third-order valence-corrected chi connectivity index (χ3v) is 2.73. The minimum Gasteiger partial charge on any atom is -0.395 e. The van der Waals surface area contributed by atoms with Gasteiger partial charge in [0.2, 0.25) is 0 Å². The normalized spacial score (nSPS) is 12.0. The zero-order chi connectivity index (χ0) is 15.3. The van der Waals surface area contributed by atoms with E-state index in [2.05, 4.69) is 4.98 Å². The molecule has 0 aliphatic rings. The van der Waals surface area contributed by atoms with Gasteiger partial charge in [-0.05, 0) is 23.6 Å². The Morgan fingerprint density at radius 3 is 2.35 bits per heavy atom. The number of rotatable bonds is 6. The van der Waals surface area contributed by atoms with Gasteiger partial charge in [-0.3, -0.25) is 0 Å². The third kappa shape index (κ3) is 4.97. The summed E-state index contributed by atoms with van der Waals surface area (Å²) in [7, 11) is 0. The Kier molecular flexibility index (Phi) is 5.76. The van der Waals surface area contributed by atoms with E-state index in [1.54, 1.807) is 6.07 Å². The highest BCUT2D eigenvalue weighted by molar-refractivity contribution is 5.43. The van der Waals surface area contributed by atoms with Crippen molar-refractivity contribution < 1.29 is 23.4 Å². The molecule has 1 aromatic rings. The van der Waals surface area contributed by atoms with Crippen LogP contribution < -0.4 is 4.90 Å². The summed E-state index contributed by atoms with van der Waals surface area (Å²) >= 11 is 0. The maximum Gasteiger partial charge on any atom is 0.405 e. The van der Waals surface area contributed by atoms with Crippen LogP contribution in [0.3, 0.4) is 0 Å². The predicted octanol–water partition coefficient (Wildman–Crippen LogP) is 2.06. The number of aliphatic hydroxyl groups excluding tert-OH is 2. The van der Waals surface area contributed by atoms with Crippen molar-refractivity contribution in [2.45, 2.75) is 32.5 Å². The second-order valence-electron chi connectivity index (χ2n) is 4.83. The van der Waals surface area contributed by atoms with Crippen LogP contribution in [0.5, 0.6) is 0 Å². The van der Waals surface area contributed by atoms with Gasteiger partial charge in [0.05, 0.1) is 13.2 Å². The maximum absolute atomic E-state index is 12.6. The first-order valence-electron chi connectivity index (χ1n) is 6.31. The molecule has 20 heavy (non-hydrogen) atoms. The molecule has 0 aromatic carbocycles. The quantitative estimate of drug-likeness (QED) is 0.842. The standard InChI is InChI=1S/C13H19F3N2O2/c1-9(2)11-5-10(7-20)6-12(17-11)18(3-4-19)8-13(14,15)16/h5-6,9,19-20H,3-4,7-8H2,1-2H3. The molecular weight excluding hydrogens is 273 g/mol. The van der Waals surface area contributed by atoms with E-state index >= 15 is 0 Å². The Bertz CT molecular complexity index is 436. The molecule has 0 spiro atoms. The Balaban J connectivity index is 3.14. The van der Waals surface area contributed by atoms with Crippen molar-refractivity contribution in [1.82, 2.24) is 4.98 Å². The molecule has 0 atom stereocenters. The first-order valence-corrected chi connectivity index (χ1v) is 6.31. The molecule has 1 heterocycles. The average Bonchev–Trinajstić information content (AvgIpc) is 2.36. The van der Waals surface area contributed by atoms with Crippen molar-refractivity contribution in [1.29, 1.82) is 0 Å². The molecule has 1 aromatic heterocycles. The highest BCUT2D eigenvalue weighted by atomic mass is 19.4.